The third-order valence-electron chi connectivity index (χ3n) is 3.53. The van der Waals surface area contributed by atoms with Crippen LogP contribution < -0.4 is 5.32 Å². The predicted molar refractivity (Wildman–Crippen MR) is 99.9 cm³/mol. The molecule has 0 spiro atoms. The number of nitrogens with zero attached hydrogens (tertiary/aromatic N) is 3. The van der Waals surface area contributed by atoms with Crippen molar-refractivity contribution < 1.29 is 18.8 Å². The van der Waals surface area contributed by atoms with Gasteiger partial charge in [0.25, 0.3) is 0 Å². The van der Waals surface area contributed by atoms with Crippen molar-refractivity contribution in [2.75, 3.05) is 0 Å². The topological polar surface area (TPSA) is 115 Å². The molecule has 0 bridgehead atoms. The first-order valence-electron chi connectivity index (χ1n) is 8.05. The molecule has 0 atom stereocenters. The van der Waals surface area contributed by atoms with E-state index in [1.807, 2.05) is 0 Å². The Labute approximate surface area is 162 Å². The summed E-state index contributed by atoms with van der Waals surface area (Å²) in [6, 6.07) is 0. The van der Waals surface area contributed by atoms with Crippen LogP contribution in [0.1, 0.15) is 52.1 Å². The minimum Gasteiger partial charge on any atom is -0.446 e. The Morgan fingerprint density at radius 2 is 1.85 bits per heavy atom. The van der Waals surface area contributed by atoms with Crippen LogP contribution in [0.25, 0.3) is 10.7 Å². The number of amides is 1. The highest BCUT2D eigenvalue weighted by molar-refractivity contribution is 7.13. The molecule has 0 saturated carbocycles. The van der Waals surface area contributed by atoms with Gasteiger partial charge in [0.05, 0.1) is 11.6 Å². The number of thiazole rings is 2. The molecule has 3 aromatic rings. The third-order valence-corrected chi connectivity index (χ3v) is 5.30. The molecule has 3 aromatic heterocycles. The minimum atomic E-state index is -0.174. The van der Waals surface area contributed by atoms with E-state index >= 15 is 0 Å². The number of oxazole rings is 1. The normalized spacial score (nSPS) is 10.7. The average Bonchev–Trinajstić information content (AvgIpc) is 3.37. The van der Waals surface area contributed by atoms with E-state index < -0.39 is 0 Å². The van der Waals surface area contributed by atoms with Gasteiger partial charge < -0.3 is 9.73 Å². The number of carbonyl (C=O) groups excluding carboxylic acids is 3. The molecule has 0 saturated heterocycles. The fraction of sp³-hybridized carbons (Fsp3) is 0.294. The molecule has 140 valence electrons. The third kappa shape index (κ3) is 4.92. The summed E-state index contributed by atoms with van der Waals surface area (Å²) in [6.45, 7) is 3.07. The monoisotopic (exact) mass is 404 g/mol. The van der Waals surface area contributed by atoms with Crippen molar-refractivity contribution in [2.24, 2.45) is 0 Å². The highest BCUT2D eigenvalue weighted by atomic mass is 32.1. The van der Waals surface area contributed by atoms with Crippen molar-refractivity contribution >= 4 is 40.1 Å². The molecule has 1 N–H and O–H groups in total. The van der Waals surface area contributed by atoms with Crippen LogP contribution in [0.2, 0.25) is 0 Å². The fourth-order valence-electron chi connectivity index (χ4n) is 2.15. The summed E-state index contributed by atoms with van der Waals surface area (Å²) in [6.07, 6.45) is 2.18. The number of ketones is 2. The first kappa shape index (κ1) is 19.1. The Morgan fingerprint density at radius 1 is 1.07 bits per heavy atom. The van der Waals surface area contributed by atoms with Gasteiger partial charge >= 0.3 is 0 Å². The van der Waals surface area contributed by atoms with Gasteiger partial charge in [-0.2, -0.15) is 0 Å². The molecule has 3 rings (SSSR count). The van der Waals surface area contributed by atoms with Gasteiger partial charge in [-0.3, -0.25) is 14.4 Å². The second kappa shape index (κ2) is 8.31. The molecule has 0 aliphatic rings. The van der Waals surface area contributed by atoms with Crippen molar-refractivity contribution in [2.45, 2.75) is 33.2 Å². The molecule has 27 heavy (non-hydrogen) atoms. The van der Waals surface area contributed by atoms with Crippen molar-refractivity contribution in [3.63, 3.8) is 0 Å². The Hall–Kier alpha value is -2.72. The van der Waals surface area contributed by atoms with Crippen molar-refractivity contribution in [1.29, 1.82) is 0 Å². The van der Waals surface area contributed by atoms with Gasteiger partial charge in [0.2, 0.25) is 11.8 Å². The van der Waals surface area contributed by atoms with Crippen LogP contribution in [0.4, 0.5) is 0 Å². The molecule has 3 heterocycles. The first-order chi connectivity index (χ1) is 12.9. The summed E-state index contributed by atoms with van der Waals surface area (Å²) in [4.78, 5) is 47.3. The lowest BCUT2D eigenvalue weighted by Gasteiger charge is -1.95. The lowest BCUT2D eigenvalue weighted by Crippen LogP contribution is -2.18. The average molecular weight is 404 g/mol. The van der Waals surface area contributed by atoms with Crippen LogP contribution in [0.5, 0.6) is 0 Å². The number of hydrogen-bond donors (Lipinski definition) is 1. The van der Waals surface area contributed by atoms with Gasteiger partial charge in [-0.15, -0.1) is 22.7 Å². The predicted octanol–water partition coefficient (Wildman–Crippen LogP) is 2.91. The van der Waals surface area contributed by atoms with E-state index in [0.29, 0.717) is 34.4 Å². The Bertz CT molecular complexity index is 989. The maximum atomic E-state index is 12.3. The van der Waals surface area contributed by atoms with Gasteiger partial charge in [0.1, 0.15) is 28.4 Å². The lowest BCUT2D eigenvalue weighted by molar-refractivity contribution is -0.119. The quantitative estimate of drug-likeness (QED) is 0.574. The maximum absolute atomic E-state index is 12.3. The summed E-state index contributed by atoms with van der Waals surface area (Å²) in [5, 5.41) is 7.31. The van der Waals surface area contributed by atoms with E-state index in [-0.39, 0.29) is 30.4 Å². The summed E-state index contributed by atoms with van der Waals surface area (Å²) in [5.41, 5.74) is 1.31. The lowest BCUT2D eigenvalue weighted by atomic mass is 10.2. The van der Waals surface area contributed by atoms with E-state index in [4.69, 9.17) is 4.42 Å². The molecule has 0 aliphatic carbocycles. The number of nitrogens with one attached hydrogen (secondary N) is 1. The summed E-state index contributed by atoms with van der Waals surface area (Å²) >= 11 is 2.67. The molecule has 0 aliphatic heterocycles. The fourth-order valence-corrected chi connectivity index (χ4v) is 3.76. The van der Waals surface area contributed by atoms with Crippen molar-refractivity contribution in [1.82, 2.24) is 20.3 Å². The highest BCUT2D eigenvalue weighted by Crippen LogP contribution is 2.24. The standard InChI is InChI=1S/C17H16N4O4S2/c1-9(22)12-7-26-16(20-12)4-3-14(24)13-8-27-17(21-13)11-6-25-15(19-11)5-18-10(2)23/h6-8H,3-5H2,1-2H3,(H,18,23). The number of carbonyl (C=O) groups is 3. The molecule has 8 nitrogen and oxygen atoms in total. The molecular formula is C17H16N4O4S2. The summed E-state index contributed by atoms with van der Waals surface area (Å²) < 4.78 is 5.29. The molecule has 10 heteroatoms. The van der Waals surface area contributed by atoms with E-state index in [9.17, 15) is 14.4 Å². The van der Waals surface area contributed by atoms with Crippen LogP contribution in [0.15, 0.2) is 21.4 Å². The Kier molecular flexibility index (Phi) is 5.87. The second-order valence-corrected chi connectivity index (χ2v) is 7.48. The Balaban J connectivity index is 1.60. The maximum Gasteiger partial charge on any atom is 0.217 e. The van der Waals surface area contributed by atoms with Gasteiger partial charge in [-0.05, 0) is 0 Å². The molecule has 0 aromatic carbocycles. The zero-order chi connectivity index (χ0) is 19.4. The van der Waals surface area contributed by atoms with Crippen molar-refractivity contribution in [3.8, 4) is 10.7 Å². The van der Waals surface area contributed by atoms with Crippen LogP contribution in [0.3, 0.4) is 0 Å². The van der Waals surface area contributed by atoms with E-state index in [1.54, 1.807) is 10.8 Å². The van der Waals surface area contributed by atoms with Crippen LogP contribution in [-0.4, -0.2) is 32.4 Å². The number of hydrogen-bond acceptors (Lipinski definition) is 9. The van der Waals surface area contributed by atoms with Crippen molar-refractivity contribution in [3.05, 3.63) is 39.3 Å². The van der Waals surface area contributed by atoms with Gasteiger partial charge in [-0.1, -0.05) is 0 Å². The van der Waals surface area contributed by atoms with Crippen LogP contribution in [-0.2, 0) is 17.8 Å². The highest BCUT2D eigenvalue weighted by Gasteiger charge is 2.16. The summed E-state index contributed by atoms with van der Waals surface area (Å²) in [7, 11) is 0. The van der Waals surface area contributed by atoms with Gasteiger partial charge in [0, 0.05) is 37.4 Å². The molecule has 0 unspecified atom stereocenters. The van der Waals surface area contributed by atoms with Crippen LogP contribution >= 0.6 is 22.7 Å². The Morgan fingerprint density at radius 3 is 2.56 bits per heavy atom. The zero-order valence-electron chi connectivity index (χ0n) is 14.6. The van der Waals surface area contributed by atoms with Gasteiger partial charge in [0.15, 0.2) is 11.6 Å². The number of Topliss-reactive ketones (excluding diaryl/α,β-unsaturated/α-hetero) is 2. The number of aromatic nitrogens is 3. The number of rotatable bonds is 8. The van der Waals surface area contributed by atoms with E-state index in [2.05, 4.69) is 20.3 Å². The summed E-state index contributed by atoms with van der Waals surface area (Å²) in [5.74, 6) is 0.0124. The molecule has 0 radical (unpaired) electrons. The molecular weight excluding hydrogens is 388 g/mol. The van der Waals surface area contributed by atoms with Crippen LogP contribution in [0, 0.1) is 0 Å². The molecule has 0 fully saturated rings. The SMILES string of the molecule is CC(=O)NCc1nc(-c2nc(C(=O)CCc3nc(C(C)=O)cs3)cs2)co1. The molecule has 1 amide bonds. The zero-order valence-corrected chi connectivity index (χ0v) is 16.3. The minimum absolute atomic E-state index is 0.0848. The smallest absolute Gasteiger partial charge is 0.217 e. The van der Waals surface area contributed by atoms with E-state index in [0.717, 1.165) is 5.01 Å². The largest absolute Gasteiger partial charge is 0.446 e. The first-order valence-corrected chi connectivity index (χ1v) is 9.81. The second-order valence-electron chi connectivity index (χ2n) is 5.68. The number of aryl methyl sites for hydroxylation is 1. The van der Waals surface area contributed by atoms with Gasteiger partial charge in [-0.25, -0.2) is 15.0 Å². The van der Waals surface area contributed by atoms with E-state index in [1.165, 1.54) is 42.8 Å².